The highest BCUT2D eigenvalue weighted by molar-refractivity contribution is 6.65. The molecule has 4 rings (SSSR count). The summed E-state index contributed by atoms with van der Waals surface area (Å²) in [6.45, 7) is 3.52. The maximum atomic E-state index is 13.0. The molecule has 1 aliphatic heterocycles. The minimum atomic E-state index is -0.326. The molecule has 0 aromatic heterocycles. The van der Waals surface area contributed by atoms with Crippen molar-refractivity contribution in [2.45, 2.75) is 38.6 Å². The van der Waals surface area contributed by atoms with Crippen LogP contribution in [0.4, 0.5) is 4.39 Å². The molecule has 2 aliphatic rings. The van der Waals surface area contributed by atoms with E-state index in [0.29, 0.717) is 6.61 Å². The normalized spacial score (nSPS) is 17.6. The summed E-state index contributed by atoms with van der Waals surface area (Å²) in [5.41, 5.74) is 6.31. The van der Waals surface area contributed by atoms with E-state index in [1.807, 2.05) is 35.4 Å². The molecule has 1 aliphatic carbocycles. The topological polar surface area (TPSA) is 29.5 Å². The maximum absolute atomic E-state index is 13.0. The zero-order valence-electron chi connectivity index (χ0n) is 17.0. The van der Waals surface area contributed by atoms with Gasteiger partial charge in [0.1, 0.15) is 17.6 Å². The van der Waals surface area contributed by atoms with E-state index in [1.54, 1.807) is 0 Å². The predicted octanol–water partition coefficient (Wildman–Crippen LogP) is 5.52. The van der Waals surface area contributed by atoms with Crippen molar-refractivity contribution in [3.8, 4) is 5.75 Å². The number of allylic oxidation sites excluding steroid dienone is 1. The van der Waals surface area contributed by atoms with E-state index in [2.05, 4.69) is 19.1 Å². The van der Waals surface area contributed by atoms with Crippen molar-refractivity contribution in [2.24, 2.45) is 0 Å². The highest BCUT2D eigenvalue weighted by atomic mass is 35.5. The van der Waals surface area contributed by atoms with Crippen LogP contribution >= 0.6 is 11.6 Å². The lowest BCUT2D eigenvalue weighted by molar-refractivity contribution is -0.115. The van der Waals surface area contributed by atoms with Crippen molar-refractivity contribution in [1.29, 1.82) is 0 Å². The quantitative estimate of drug-likeness (QED) is 0.412. The molecule has 0 radical (unpaired) electrons. The Morgan fingerprint density at radius 2 is 2.00 bits per heavy atom. The van der Waals surface area contributed by atoms with E-state index < -0.39 is 0 Å². The van der Waals surface area contributed by atoms with Crippen LogP contribution < -0.4 is 4.74 Å². The monoisotopic (exact) mass is 425 g/mol. The van der Waals surface area contributed by atoms with Gasteiger partial charge in [-0.15, -0.1) is 0 Å². The first kappa shape index (κ1) is 20.7. The molecule has 1 atom stereocenters. The third-order valence-electron chi connectivity index (χ3n) is 5.92. The summed E-state index contributed by atoms with van der Waals surface area (Å²) >= 11 is 5.64. The third kappa shape index (κ3) is 4.59. The largest absolute Gasteiger partial charge is 0.494 e. The van der Waals surface area contributed by atoms with E-state index in [-0.39, 0.29) is 17.1 Å². The molecule has 30 heavy (non-hydrogen) atoms. The van der Waals surface area contributed by atoms with Gasteiger partial charge in [0.15, 0.2) is 0 Å². The fourth-order valence-corrected chi connectivity index (χ4v) is 4.28. The van der Waals surface area contributed by atoms with E-state index in [1.165, 1.54) is 34.4 Å². The Hall–Kier alpha value is -2.59. The van der Waals surface area contributed by atoms with Crippen molar-refractivity contribution >= 4 is 22.4 Å². The summed E-state index contributed by atoms with van der Waals surface area (Å²) in [6, 6.07) is 12.6. The second kappa shape index (κ2) is 9.05. The number of nitrogens with zero attached hydrogens (tertiary/aromatic N) is 1. The molecule has 1 heterocycles. The number of aryl methyl sites for hydroxylation is 2. The Morgan fingerprint density at radius 1 is 1.20 bits per heavy atom. The Balaban J connectivity index is 1.34. The zero-order valence-corrected chi connectivity index (χ0v) is 17.8. The van der Waals surface area contributed by atoms with Crippen molar-refractivity contribution in [3.05, 3.63) is 82.8 Å². The smallest absolute Gasteiger partial charge is 0.248 e. The molecule has 3 nitrogen and oxygen atoms in total. The van der Waals surface area contributed by atoms with E-state index >= 15 is 0 Å². The first-order valence-corrected chi connectivity index (χ1v) is 10.7. The third-order valence-corrected chi connectivity index (χ3v) is 6.15. The van der Waals surface area contributed by atoms with Crippen molar-refractivity contribution in [3.63, 3.8) is 0 Å². The Bertz CT molecular complexity index is 997. The summed E-state index contributed by atoms with van der Waals surface area (Å²) in [7, 11) is 0. The summed E-state index contributed by atoms with van der Waals surface area (Å²) in [6.07, 6.45) is 7.46. The lowest BCUT2D eigenvalue weighted by atomic mass is 9.85. The van der Waals surface area contributed by atoms with Crippen molar-refractivity contribution < 1.29 is 13.9 Å². The molecule has 0 N–H and O–H groups in total. The zero-order chi connectivity index (χ0) is 21.1. The Labute approximate surface area is 181 Å². The fraction of sp³-hybridized carbons (Fsp3) is 0.320. The number of rotatable bonds is 8. The van der Waals surface area contributed by atoms with Crippen molar-refractivity contribution in [2.75, 3.05) is 13.2 Å². The van der Waals surface area contributed by atoms with Crippen LogP contribution in [0.25, 0.3) is 5.57 Å². The molecule has 0 saturated heterocycles. The molecule has 2 aromatic carbocycles. The summed E-state index contributed by atoms with van der Waals surface area (Å²) in [5.74, 6) is 0.688. The standard InChI is InChI=1S/C25H25ClFNO2/c1-17-20(16-28-13-12-24(28)25(26)29)7-6-19-15-22(10-11-23(17)19)30-14-2-3-18-4-8-21(27)9-5-18/h4-5,8-13,15,24H,2-3,6-7,14,16H2,1H3. The minimum absolute atomic E-state index is 0.203. The molecule has 0 spiro atoms. The second-order valence-corrected chi connectivity index (χ2v) is 8.26. The minimum Gasteiger partial charge on any atom is -0.494 e. The maximum Gasteiger partial charge on any atom is 0.248 e. The number of hydrogen-bond acceptors (Lipinski definition) is 3. The molecule has 5 heteroatoms. The molecule has 1 unspecified atom stereocenters. The summed E-state index contributed by atoms with van der Waals surface area (Å²) in [4.78, 5) is 13.4. The van der Waals surface area contributed by atoms with Gasteiger partial charge in [0.2, 0.25) is 5.24 Å². The van der Waals surface area contributed by atoms with Gasteiger partial charge in [0, 0.05) is 6.54 Å². The van der Waals surface area contributed by atoms with Crippen LogP contribution in [0.1, 0.15) is 36.5 Å². The van der Waals surface area contributed by atoms with Gasteiger partial charge in [-0.2, -0.15) is 0 Å². The molecular weight excluding hydrogens is 401 g/mol. The van der Waals surface area contributed by atoms with Crippen LogP contribution in [0.2, 0.25) is 0 Å². The predicted molar refractivity (Wildman–Crippen MR) is 118 cm³/mol. The van der Waals surface area contributed by atoms with Crippen LogP contribution in [0.5, 0.6) is 5.75 Å². The average Bonchev–Trinajstić information content (AvgIpc) is 2.70. The van der Waals surface area contributed by atoms with E-state index in [9.17, 15) is 9.18 Å². The van der Waals surface area contributed by atoms with Crippen LogP contribution in [0.3, 0.4) is 0 Å². The second-order valence-electron chi connectivity index (χ2n) is 7.89. The van der Waals surface area contributed by atoms with Crippen LogP contribution in [-0.4, -0.2) is 29.3 Å². The van der Waals surface area contributed by atoms with Crippen LogP contribution in [0.15, 0.2) is 60.3 Å². The molecule has 0 saturated carbocycles. The Morgan fingerprint density at radius 3 is 2.70 bits per heavy atom. The van der Waals surface area contributed by atoms with Gasteiger partial charge in [0.05, 0.1) is 6.61 Å². The highest BCUT2D eigenvalue weighted by Crippen LogP contribution is 2.34. The van der Waals surface area contributed by atoms with Crippen LogP contribution in [-0.2, 0) is 17.6 Å². The van der Waals surface area contributed by atoms with E-state index in [4.69, 9.17) is 16.3 Å². The first-order chi connectivity index (χ1) is 14.5. The lowest BCUT2D eigenvalue weighted by Gasteiger charge is -2.35. The number of benzene rings is 2. The first-order valence-electron chi connectivity index (χ1n) is 10.3. The molecular formula is C25H25ClFNO2. The molecule has 0 fully saturated rings. The van der Waals surface area contributed by atoms with Gasteiger partial charge in [0.25, 0.3) is 0 Å². The Kier molecular flexibility index (Phi) is 6.24. The van der Waals surface area contributed by atoms with Gasteiger partial charge in [-0.1, -0.05) is 18.2 Å². The molecule has 0 bridgehead atoms. The van der Waals surface area contributed by atoms with Crippen LogP contribution in [0, 0.1) is 5.82 Å². The number of halogens is 2. The van der Waals surface area contributed by atoms with Gasteiger partial charge in [-0.05, 0) is 109 Å². The van der Waals surface area contributed by atoms with Crippen molar-refractivity contribution in [1.82, 2.24) is 4.90 Å². The summed E-state index contributed by atoms with van der Waals surface area (Å²) in [5, 5.41) is -0.326. The number of hydrogen-bond donors (Lipinski definition) is 0. The number of fused-ring (bicyclic) bond motifs is 1. The van der Waals surface area contributed by atoms with Gasteiger partial charge < -0.3 is 9.64 Å². The van der Waals surface area contributed by atoms with Gasteiger partial charge in [-0.25, -0.2) is 4.39 Å². The highest BCUT2D eigenvalue weighted by Gasteiger charge is 2.28. The number of carbonyl (C=O) groups excluding carboxylic acids is 1. The SMILES string of the molecule is CC1=C(CN2C=CC2C(=O)Cl)CCc2cc(OCCCc3ccc(F)cc3)ccc21. The molecule has 0 amide bonds. The summed E-state index contributed by atoms with van der Waals surface area (Å²) < 4.78 is 18.9. The number of ether oxygens (including phenoxy) is 1. The molecule has 156 valence electrons. The van der Waals surface area contributed by atoms with E-state index in [0.717, 1.165) is 43.5 Å². The fourth-order valence-electron chi connectivity index (χ4n) is 4.08. The number of carbonyl (C=O) groups is 1. The van der Waals surface area contributed by atoms with Gasteiger partial charge >= 0.3 is 0 Å². The van der Waals surface area contributed by atoms with Gasteiger partial charge in [-0.3, -0.25) is 4.79 Å². The molecule has 2 aromatic rings. The lowest BCUT2D eigenvalue weighted by Crippen LogP contribution is -2.42. The average molecular weight is 426 g/mol.